The normalized spacial score (nSPS) is 21.2. The molecule has 4 rings (SSSR count). The van der Waals surface area contributed by atoms with Gasteiger partial charge in [0, 0.05) is 57.2 Å². The van der Waals surface area contributed by atoms with Gasteiger partial charge in [-0.3, -0.25) is 14.3 Å². The maximum Gasteiger partial charge on any atom is 0.417 e. The van der Waals surface area contributed by atoms with E-state index in [-0.39, 0.29) is 24.3 Å². The summed E-state index contributed by atoms with van der Waals surface area (Å²) in [6, 6.07) is 7.01. The molecule has 2 fully saturated rings. The Morgan fingerprint density at radius 2 is 1.94 bits per heavy atom. The molecule has 0 saturated carbocycles. The summed E-state index contributed by atoms with van der Waals surface area (Å²) in [7, 11) is 0. The number of primary amides is 1. The van der Waals surface area contributed by atoms with Crippen LogP contribution < -0.4 is 10.6 Å². The molecule has 2 atom stereocenters. The number of nitrogens with zero attached hydrogens (tertiary/aromatic N) is 5. The molecular weight excluding hydrogens is 461 g/mol. The monoisotopic (exact) mass is 488 g/mol. The fraction of sp³-hybridized carbons (Fsp3) is 0.500. The van der Waals surface area contributed by atoms with E-state index < -0.39 is 29.1 Å². The summed E-state index contributed by atoms with van der Waals surface area (Å²) in [5, 5.41) is 13.2. The number of amides is 2. The van der Waals surface area contributed by atoms with Gasteiger partial charge in [-0.1, -0.05) is 0 Å². The van der Waals surface area contributed by atoms with Gasteiger partial charge in [0.05, 0.1) is 23.1 Å². The van der Waals surface area contributed by atoms with E-state index in [1.54, 1.807) is 34.1 Å². The SMILES string of the molecule is N#Cc1ccc(N2C[C@@H](C(N)=O)[C@H](C3CCN(C(=O)CCn4cccn4)CC3)C2)cc1C(F)(F)F. The number of anilines is 1. The molecule has 0 bridgehead atoms. The number of aryl methyl sites for hydroxylation is 1. The van der Waals surface area contributed by atoms with Crippen molar-refractivity contribution in [2.45, 2.75) is 32.0 Å². The quantitative estimate of drug-likeness (QED) is 0.673. The van der Waals surface area contributed by atoms with E-state index in [9.17, 15) is 22.8 Å². The standard InChI is InChI=1S/C24H27F3N6O2/c25-24(26,27)21-12-18(3-2-17(21)13-28)32-14-19(20(15-32)23(29)35)16-4-9-31(10-5-16)22(34)6-11-33-8-1-7-30-33/h1-3,7-8,12,16,19-20H,4-6,9-11,14-15H2,(H2,29,35)/t19-,20+/m0/s1. The van der Waals surface area contributed by atoms with Gasteiger partial charge in [0.2, 0.25) is 11.8 Å². The van der Waals surface area contributed by atoms with Crippen molar-refractivity contribution in [2.24, 2.45) is 23.5 Å². The number of rotatable bonds is 6. The Balaban J connectivity index is 1.41. The Morgan fingerprint density at radius 1 is 1.20 bits per heavy atom. The third-order valence-electron chi connectivity index (χ3n) is 7.14. The first kappa shape index (κ1) is 24.6. The summed E-state index contributed by atoms with van der Waals surface area (Å²) in [6.07, 6.45) is 0.584. The number of likely N-dealkylation sites (tertiary alicyclic amines) is 1. The van der Waals surface area contributed by atoms with Crippen molar-refractivity contribution in [3.05, 3.63) is 47.8 Å². The van der Waals surface area contributed by atoms with Gasteiger partial charge < -0.3 is 15.5 Å². The van der Waals surface area contributed by atoms with Crippen LogP contribution in [0.2, 0.25) is 0 Å². The Kier molecular flexibility index (Phi) is 7.00. The molecule has 2 aliphatic rings. The molecule has 35 heavy (non-hydrogen) atoms. The van der Waals surface area contributed by atoms with E-state index in [0.717, 1.165) is 12.1 Å². The third-order valence-corrected chi connectivity index (χ3v) is 7.14. The number of nitriles is 1. The van der Waals surface area contributed by atoms with Crippen LogP contribution in [0.4, 0.5) is 18.9 Å². The molecule has 11 heteroatoms. The topological polar surface area (TPSA) is 108 Å². The van der Waals surface area contributed by atoms with E-state index in [4.69, 9.17) is 11.0 Å². The molecule has 186 valence electrons. The fourth-order valence-corrected chi connectivity index (χ4v) is 5.26. The van der Waals surface area contributed by atoms with E-state index >= 15 is 0 Å². The number of piperidine rings is 1. The fourth-order valence-electron chi connectivity index (χ4n) is 5.26. The van der Waals surface area contributed by atoms with Crippen molar-refractivity contribution in [2.75, 3.05) is 31.1 Å². The van der Waals surface area contributed by atoms with Crippen molar-refractivity contribution in [1.82, 2.24) is 14.7 Å². The zero-order valence-corrected chi connectivity index (χ0v) is 19.1. The number of carbonyl (C=O) groups excluding carboxylic acids is 2. The third kappa shape index (κ3) is 5.42. The second-order valence-electron chi connectivity index (χ2n) is 9.15. The zero-order chi connectivity index (χ0) is 25.2. The minimum absolute atomic E-state index is 0.0516. The lowest BCUT2D eigenvalue weighted by molar-refractivity contribution is -0.137. The molecule has 8 nitrogen and oxygen atoms in total. The lowest BCUT2D eigenvalue weighted by atomic mass is 9.78. The molecule has 3 heterocycles. The Labute approximate surface area is 201 Å². The van der Waals surface area contributed by atoms with Crippen molar-refractivity contribution >= 4 is 17.5 Å². The summed E-state index contributed by atoms with van der Waals surface area (Å²) in [5.74, 6) is -0.894. The van der Waals surface area contributed by atoms with Gasteiger partial charge in [-0.2, -0.15) is 23.5 Å². The lowest BCUT2D eigenvalue weighted by Gasteiger charge is -2.36. The molecule has 1 aromatic carbocycles. The van der Waals surface area contributed by atoms with Crippen molar-refractivity contribution in [3.8, 4) is 6.07 Å². The van der Waals surface area contributed by atoms with E-state index in [1.807, 2.05) is 4.90 Å². The molecule has 0 radical (unpaired) electrons. The second kappa shape index (κ2) is 9.98. The van der Waals surface area contributed by atoms with Crippen molar-refractivity contribution in [1.29, 1.82) is 5.26 Å². The first-order valence-electron chi connectivity index (χ1n) is 11.6. The van der Waals surface area contributed by atoms with Crippen molar-refractivity contribution < 1.29 is 22.8 Å². The molecule has 2 aliphatic heterocycles. The van der Waals surface area contributed by atoms with Crippen LogP contribution in [0.25, 0.3) is 0 Å². The van der Waals surface area contributed by atoms with Gasteiger partial charge >= 0.3 is 6.18 Å². The average Bonchev–Trinajstić information content (AvgIpc) is 3.52. The first-order valence-corrected chi connectivity index (χ1v) is 11.6. The summed E-state index contributed by atoms with van der Waals surface area (Å²) in [6.45, 7) is 2.28. The number of nitrogens with two attached hydrogens (primary N) is 1. The van der Waals surface area contributed by atoms with Crippen LogP contribution in [0.5, 0.6) is 0 Å². The summed E-state index contributed by atoms with van der Waals surface area (Å²) < 4.78 is 42.0. The highest BCUT2D eigenvalue weighted by Gasteiger charge is 2.43. The minimum atomic E-state index is -4.65. The Morgan fingerprint density at radius 3 is 2.54 bits per heavy atom. The average molecular weight is 489 g/mol. The number of alkyl halides is 3. The summed E-state index contributed by atoms with van der Waals surface area (Å²) in [4.78, 5) is 28.4. The molecule has 2 aromatic rings. The van der Waals surface area contributed by atoms with Crippen LogP contribution in [0, 0.1) is 29.1 Å². The van der Waals surface area contributed by atoms with E-state index in [1.165, 1.54) is 6.07 Å². The molecule has 1 aromatic heterocycles. The molecule has 2 saturated heterocycles. The van der Waals surface area contributed by atoms with Crippen LogP contribution in [0.15, 0.2) is 36.7 Å². The van der Waals surface area contributed by atoms with E-state index in [0.29, 0.717) is 51.1 Å². The van der Waals surface area contributed by atoms with Gasteiger partial charge in [-0.25, -0.2) is 0 Å². The maximum absolute atomic E-state index is 13.4. The lowest BCUT2D eigenvalue weighted by Crippen LogP contribution is -2.42. The molecule has 2 amide bonds. The zero-order valence-electron chi connectivity index (χ0n) is 19.1. The highest BCUT2D eigenvalue weighted by molar-refractivity contribution is 5.79. The number of hydrogen-bond acceptors (Lipinski definition) is 5. The van der Waals surface area contributed by atoms with Gasteiger partial charge in [-0.15, -0.1) is 0 Å². The highest BCUT2D eigenvalue weighted by Crippen LogP contribution is 2.40. The van der Waals surface area contributed by atoms with Gasteiger partial charge in [0.15, 0.2) is 0 Å². The predicted octanol–water partition coefficient (Wildman–Crippen LogP) is 2.64. The van der Waals surface area contributed by atoms with Crippen LogP contribution in [0.3, 0.4) is 0 Å². The second-order valence-corrected chi connectivity index (χ2v) is 9.15. The Hall–Kier alpha value is -3.55. The molecule has 0 unspecified atom stereocenters. The molecule has 0 aliphatic carbocycles. The number of halogens is 3. The predicted molar refractivity (Wildman–Crippen MR) is 121 cm³/mol. The van der Waals surface area contributed by atoms with Crippen LogP contribution in [0.1, 0.15) is 30.4 Å². The first-order chi connectivity index (χ1) is 16.7. The van der Waals surface area contributed by atoms with Crippen molar-refractivity contribution in [3.63, 3.8) is 0 Å². The van der Waals surface area contributed by atoms with Gasteiger partial charge in [0.25, 0.3) is 0 Å². The number of aromatic nitrogens is 2. The number of carbonyl (C=O) groups is 2. The number of benzene rings is 1. The molecule has 0 spiro atoms. The maximum atomic E-state index is 13.4. The van der Waals surface area contributed by atoms with Crippen LogP contribution >= 0.6 is 0 Å². The molecular formula is C24H27F3N6O2. The minimum Gasteiger partial charge on any atom is -0.370 e. The smallest absolute Gasteiger partial charge is 0.370 e. The highest BCUT2D eigenvalue weighted by atomic mass is 19.4. The van der Waals surface area contributed by atoms with Crippen LogP contribution in [-0.4, -0.2) is 52.7 Å². The molecule has 2 N–H and O–H groups in total. The number of hydrogen-bond donors (Lipinski definition) is 1. The largest absolute Gasteiger partial charge is 0.417 e. The Bertz CT molecular complexity index is 1100. The summed E-state index contributed by atoms with van der Waals surface area (Å²) >= 11 is 0. The summed E-state index contributed by atoms with van der Waals surface area (Å²) in [5.41, 5.74) is 4.57. The van der Waals surface area contributed by atoms with E-state index in [2.05, 4.69) is 5.10 Å². The van der Waals surface area contributed by atoms with Crippen LogP contribution in [-0.2, 0) is 22.3 Å². The van der Waals surface area contributed by atoms with Gasteiger partial charge in [0.1, 0.15) is 0 Å². The van der Waals surface area contributed by atoms with Gasteiger partial charge in [-0.05, 0) is 48.9 Å².